The molecule has 1 amide bonds. The van der Waals surface area contributed by atoms with E-state index in [1.165, 1.54) is 11.6 Å². The van der Waals surface area contributed by atoms with Gasteiger partial charge in [0.05, 0.1) is 5.69 Å². The lowest BCUT2D eigenvalue weighted by molar-refractivity contribution is 0.102. The quantitative estimate of drug-likeness (QED) is 0.602. The summed E-state index contributed by atoms with van der Waals surface area (Å²) < 4.78 is 26.3. The van der Waals surface area contributed by atoms with E-state index in [-0.39, 0.29) is 5.56 Å². The standard InChI is InChI=1S/C18H13F2NOS2/c19-14-6-5-13(9-15(14)20)18(22)21-16-3-1-2-4-17(16)24-11-12-7-8-23-10-12/h1-10H,11H2,(H,21,22). The molecule has 1 aromatic heterocycles. The predicted molar refractivity (Wildman–Crippen MR) is 94.6 cm³/mol. The van der Waals surface area contributed by atoms with Gasteiger partial charge in [0.1, 0.15) is 0 Å². The number of carbonyl (C=O) groups excluding carboxylic acids is 1. The van der Waals surface area contributed by atoms with Crippen LogP contribution < -0.4 is 5.32 Å². The number of benzene rings is 2. The third-order valence-corrected chi connectivity index (χ3v) is 5.17. The molecular formula is C18H13F2NOS2. The van der Waals surface area contributed by atoms with Crippen molar-refractivity contribution in [2.24, 2.45) is 0 Å². The molecule has 0 fully saturated rings. The summed E-state index contributed by atoms with van der Waals surface area (Å²) >= 11 is 3.25. The van der Waals surface area contributed by atoms with Gasteiger partial charge in [-0.15, -0.1) is 11.8 Å². The van der Waals surface area contributed by atoms with Gasteiger partial charge in [0.2, 0.25) is 0 Å². The zero-order valence-corrected chi connectivity index (χ0v) is 14.1. The van der Waals surface area contributed by atoms with Gasteiger partial charge in [0.15, 0.2) is 11.6 Å². The molecule has 0 spiro atoms. The number of rotatable bonds is 5. The molecule has 0 saturated heterocycles. The third-order valence-electron chi connectivity index (χ3n) is 3.29. The van der Waals surface area contributed by atoms with Crippen LogP contribution in [0, 0.1) is 11.6 Å². The second kappa shape index (κ2) is 7.59. The van der Waals surface area contributed by atoms with Crippen molar-refractivity contribution >= 4 is 34.7 Å². The molecule has 24 heavy (non-hydrogen) atoms. The molecule has 2 nitrogen and oxygen atoms in total. The molecule has 3 rings (SSSR count). The Kier molecular flexibility index (Phi) is 5.27. The fraction of sp³-hybridized carbons (Fsp3) is 0.0556. The van der Waals surface area contributed by atoms with Crippen molar-refractivity contribution in [2.75, 3.05) is 5.32 Å². The van der Waals surface area contributed by atoms with E-state index in [4.69, 9.17) is 0 Å². The minimum Gasteiger partial charge on any atom is -0.321 e. The van der Waals surface area contributed by atoms with Crippen molar-refractivity contribution in [1.29, 1.82) is 0 Å². The van der Waals surface area contributed by atoms with Crippen molar-refractivity contribution in [1.82, 2.24) is 0 Å². The van der Waals surface area contributed by atoms with Crippen molar-refractivity contribution < 1.29 is 13.6 Å². The number of nitrogens with one attached hydrogen (secondary N) is 1. The van der Waals surface area contributed by atoms with E-state index in [0.717, 1.165) is 22.8 Å². The average Bonchev–Trinajstić information content (AvgIpc) is 3.10. The van der Waals surface area contributed by atoms with Gasteiger partial charge in [-0.2, -0.15) is 11.3 Å². The summed E-state index contributed by atoms with van der Waals surface area (Å²) in [7, 11) is 0. The number of thiophene rings is 1. The molecular weight excluding hydrogens is 348 g/mol. The molecule has 0 bridgehead atoms. The number of para-hydroxylation sites is 1. The molecule has 0 radical (unpaired) electrons. The molecule has 0 saturated carbocycles. The Bertz CT molecular complexity index is 850. The SMILES string of the molecule is O=C(Nc1ccccc1SCc1ccsc1)c1ccc(F)c(F)c1. The fourth-order valence-electron chi connectivity index (χ4n) is 2.06. The first kappa shape index (κ1) is 16.7. The Morgan fingerprint density at radius 3 is 2.67 bits per heavy atom. The third kappa shape index (κ3) is 4.01. The molecule has 1 heterocycles. The summed E-state index contributed by atoms with van der Waals surface area (Å²) in [5, 5.41) is 6.86. The Balaban J connectivity index is 1.74. The van der Waals surface area contributed by atoms with Crippen LogP contribution in [0.4, 0.5) is 14.5 Å². The van der Waals surface area contributed by atoms with Gasteiger partial charge in [0, 0.05) is 16.2 Å². The summed E-state index contributed by atoms with van der Waals surface area (Å²) in [6.07, 6.45) is 0. The van der Waals surface area contributed by atoms with Crippen LogP contribution in [0.2, 0.25) is 0 Å². The Morgan fingerprint density at radius 2 is 1.92 bits per heavy atom. The van der Waals surface area contributed by atoms with Gasteiger partial charge in [-0.1, -0.05) is 12.1 Å². The van der Waals surface area contributed by atoms with E-state index in [9.17, 15) is 13.6 Å². The van der Waals surface area contributed by atoms with Crippen molar-refractivity contribution in [3.8, 4) is 0 Å². The smallest absolute Gasteiger partial charge is 0.255 e. The lowest BCUT2D eigenvalue weighted by Gasteiger charge is -2.10. The largest absolute Gasteiger partial charge is 0.321 e. The number of halogens is 2. The van der Waals surface area contributed by atoms with Crippen LogP contribution in [0.3, 0.4) is 0 Å². The molecule has 2 aromatic carbocycles. The molecule has 3 aromatic rings. The molecule has 1 N–H and O–H groups in total. The van der Waals surface area contributed by atoms with E-state index in [1.807, 2.05) is 23.6 Å². The first-order valence-corrected chi connectivity index (χ1v) is 9.05. The van der Waals surface area contributed by atoms with Crippen LogP contribution in [0.1, 0.15) is 15.9 Å². The minimum absolute atomic E-state index is 0.0755. The van der Waals surface area contributed by atoms with Crippen LogP contribution in [0.15, 0.2) is 64.2 Å². The van der Waals surface area contributed by atoms with E-state index in [1.54, 1.807) is 29.2 Å². The Hall–Kier alpha value is -2.18. The number of thioether (sulfide) groups is 1. The van der Waals surface area contributed by atoms with Gasteiger partial charge >= 0.3 is 0 Å². The lowest BCUT2D eigenvalue weighted by atomic mass is 10.2. The highest BCUT2D eigenvalue weighted by Crippen LogP contribution is 2.30. The van der Waals surface area contributed by atoms with Crippen molar-refractivity contribution in [3.05, 3.63) is 82.1 Å². The Morgan fingerprint density at radius 1 is 1.08 bits per heavy atom. The predicted octanol–water partition coefficient (Wildman–Crippen LogP) is 5.57. The van der Waals surface area contributed by atoms with Crippen LogP contribution in [0.25, 0.3) is 0 Å². The maximum atomic E-state index is 13.3. The molecule has 0 unspecified atom stereocenters. The van der Waals surface area contributed by atoms with Crippen molar-refractivity contribution in [2.45, 2.75) is 10.6 Å². The van der Waals surface area contributed by atoms with Crippen LogP contribution >= 0.6 is 23.1 Å². The first-order valence-electron chi connectivity index (χ1n) is 7.13. The van der Waals surface area contributed by atoms with Crippen molar-refractivity contribution in [3.63, 3.8) is 0 Å². The Labute approximate surface area is 146 Å². The summed E-state index contributed by atoms with van der Waals surface area (Å²) in [6.45, 7) is 0. The second-order valence-electron chi connectivity index (χ2n) is 5.00. The lowest BCUT2D eigenvalue weighted by Crippen LogP contribution is -2.13. The zero-order chi connectivity index (χ0) is 16.9. The van der Waals surface area contributed by atoms with Gasteiger partial charge in [-0.3, -0.25) is 4.79 Å². The highest BCUT2D eigenvalue weighted by Gasteiger charge is 2.12. The minimum atomic E-state index is -1.04. The van der Waals surface area contributed by atoms with Crippen LogP contribution in [-0.2, 0) is 5.75 Å². The van der Waals surface area contributed by atoms with E-state index in [0.29, 0.717) is 5.69 Å². The normalized spacial score (nSPS) is 10.6. The number of amides is 1. The number of anilines is 1. The van der Waals surface area contributed by atoms with Gasteiger partial charge in [-0.25, -0.2) is 8.78 Å². The van der Waals surface area contributed by atoms with E-state index < -0.39 is 17.5 Å². The number of hydrogen-bond acceptors (Lipinski definition) is 3. The maximum absolute atomic E-state index is 13.3. The molecule has 122 valence electrons. The van der Waals surface area contributed by atoms with Gasteiger partial charge in [-0.05, 0) is 52.7 Å². The first-order chi connectivity index (χ1) is 11.6. The van der Waals surface area contributed by atoms with E-state index >= 15 is 0 Å². The van der Waals surface area contributed by atoms with Gasteiger partial charge in [0.25, 0.3) is 5.91 Å². The summed E-state index contributed by atoms with van der Waals surface area (Å²) in [4.78, 5) is 13.2. The van der Waals surface area contributed by atoms with E-state index in [2.05, 4.69) is 16.8 Å². The maximum Gasteiger partial charge on any atom is 0.255 e. The topological polar surface area (TPSA) is 29.1 Å². The van der Waals surface area contributed by atoms with Crippen LogP contribution in [-0.4, -0.2) is 5.91 Å². The highest BCUT2D eigenvalue weighted by molar-refractivity contribution is 7.98. The summed E-state index contributed by atoms with van der Waals surface area (Å²) in [5.74, 6) is -1.69. The molecule has 0 atom stereocenters. The molecule has 0 aliphatic carbocycles. The molecule has 6 heteroatoms. The van der Waals surface area contributed by atoms with Crippen LogP contribution in [0.5, 0.6) is 0 Å². The summed E-state index contributed by atoms with van der Waals surface area (Å²) in [5.41, 5.74) is 1.94. The monoisotopic (exact) mass is 361 g/mol. The zero-order valence-electron chi connectivity index (χ0n) is 12.5. The highest BCUT2D eigenvalue weighted by atomic mass is 32.2. The molecule has 0 aliphatic rings. The fourth-order valence-corrected chi connectivity index (χ4v) is 3.79. The summed E-state index contributed by atoms with van der Waals surface area (Å²) in [6, 6.07) is 12.6. The second-order valence-corrected chi connectivity index (χ2v) is 6.80. The molecule has 0 aliphatic heterocycles. The number of hydrogen-bond donors (Lipinski definition) is 1. The van der Waals surface area contributed by atoms with Gasteiger partial charge < -0.3 is 5.32 Å². The number of carbonyl (C=O) groups is 1. The average molecular weight is 361 g/mol.